The van der Waals surface area contributed by atoms with Gasteiger partial charge in [-0.05, 0) is 0 Å². The summed E-state index contributed by atoms with van der Waals surface area (Å²) in [4.78, 5) is 0. The van der Waals surface area contributed by atoms with E-state index < -0.39 is 14.6 Å². The molecular formula is C6H18N3O5P. The van der Waals surface area contributed by atoms with E-state index in [1.165, 1.54) is 45.4 Å². The minimum Gasteiger partial charge on any atom is -0.379 e. The Hall–Kier alpha value is -0.0500. The van der Waals surface area contributed by atoms with E-state index in [1.807, 2.05) is 0 Å². The largest absolute Gasteiger partial charge is 0.525 e. The van der Waals surface area contributed by atoms with E-state index in [4.69, 9.17) is 19.0 Å². The molecule has 0 atom stereocenters. The van der Waals surface area contributed by atoms with Gasteiger partial charge in [-0.25, -0.2) is 4.57 Å². The lowest BCUT2D eigenvalue weighted by atomic mass is 11.1. The molecule has 8 nitrogen and oxygen atoms in total. The normalized spacial score (nSPS) is 13.1. The molecule has 0 aromatic heterocycles. The molecule has 1 N–H and O–H groups in total. The lowest BCUT2D eigenvalue weighted by Gasteiger charge is -2.25. The van der Waals surface area contributed by atoms with Gasteiger partial charge in [0.25, 0.3) is 0 Å². The summed E-state index contributed by atoms with van der Waals surface area (Å²) < 4.78 is 26.5. The number of aliphatic hydroxyl groups is 1. The van der Waals surface area contributed by atoms with Gasteiger partial charge in [-0.3, -0.25) is 0 Å². The Morgan fingerprint density at radius 2 is 1.40 bits per heavy atom. The summed E-state index contributed by atoms with van der Waals surface area (Å²) in [5.74, 6) is 0. The number of hydrogen-bond acceptors (Lipinski definition) is 8. The smallest absolute Gasteiger partial charge is 0.379 e. The van der Waals surface area contributed by atoms with Crippen LogP contribution in [0, 0.1) is 0 Å². The molecule has 0 bridgehead atoms. The molecule has 0 saturated heterocycles. The fraction of sp³-hybridized carbons (Fsp3) is 1.00. The highest BCUT2D eigenvalue weighted by molar-refractivity contribution is 7.48. The molecule has 0 rings (SSSR count). The van der Waals surface area contributed by atoms with Gasteiger partial charge in [-0.2, -0.15) is 29.1 Å². The van der Waals surface area contributed by atoms with E-state index >= 15 is 0 Å². The molecule has 0 fully saturated rings. The van der Waals surface area contributed by atoms with Crippen LogP contribution in [0.15, 0.2) is 0 Å². The van der Waals surface area contributed by atoms with E-state index in [2.05, 4.69) is 0 Å². The van der Waals surface area contributed by atoms with Crippen LogP contribution in [0.1, 0.15) is 0 Å². The standard InChI is InChI=1S/C6H18N3O5P/c1-7(2)12-15(11,13-8(3)4)14-9(5)6-10/h10H,6H2,1-5H3. The first kappa shape index (κ1) is 14.9. The minimum atomic E-state index is -3.79. The average Bonchev–Trinajstić information content (AvgIpc) is 1.99. The van der Waals surface area contributed by atoms with Crippen LogP contribution in [-0.2, 0) is 18.4 Å². The van der Waals surface area contributed by atoms with Crippen LogP contribution in [-0.4, -0.2) is 62.3 Å². The molecule has 0 aliphatic rings. The number of hydrogen-bond donors (Lipinski definition) is 1. The highest BCUT2D eigenvalue weighted by Crippen LogP contribution is 2.50. The molecule has 0 aromatic carbocycles. The predicted molar refractivity (Wildman–Crippen MR) is 53.1 cm³/mol. The third-order valence-corrected chi connectivity index (χ3v) is 2.50. The summed E-state index contributed by atoms with van der Waals surface area (Å²) in [6, 6.07) is 0. The Morgan fingerprint density at radius 3 is 1.67 bits per heavy atom. The van der Waals surface area contributed by atoms with Gasteiger partial charge in [0.2, 0.25) is 0 Å². The van der Waals surface area contributed by atoms with Crippen molar-refractivity contribution in [2.24, 2.45) is 0 Å². The molecule has 9 heteroatoms. The highest BCUT2D eigenvalue weighted by atomic mass is 31.2. The molecule has 0 aliphatic heterocycles. The number of nitrogens with zero attached hydrogens (tertiary/aromatic N) is 3. The van der Waals surface area contributed by atoms with E-state index in [0.717, 1.165) is 5.06 Å². The second kappa shape index (κ2) is 6.51. The van der Waals surface area contributed by atoms with Crippen molar-refractivity contribution in [3.05, 3.63) is 0 Å². The molecule has 0 aliphatic carbocycles. The number of rotatable bonds is 7. The van der Waals surface area contributed by atoms with Gasteiger partial charge < -0.3 is 5.11 Å². The molecule has 0 unspecified atom stereocenters. The Balaban J connectivity index is 4.47. The summed E-state index contributed by atoms with van der Waals surface area (Å²) in [5, 5.41) is 12.0. The van der Waals surface area contributed by atoms with Gasteiger partial charge in [0, 0.05) is 35.2 Å². The average molecular weight is 243 g/mol. The lowest BCUT2D eigenvalue weighted by molar-refractivity contribution is -0.172. The number of hydroxylamine groups is 6. The summed E-state index contributed by atoms with van der Waals surface area (Å²) in [7, 11) is 3.75. The van der Waals surface area contributed by atoms with Crippen molar-refractivity contribution >= 4 is 7.82 Å². The van der Waals surface area contributed by atoms with Crippen molar-refractivity contribution in [2.75, 3.05) is 42.0 Å². The fourth-order valence-corrected chi connectivity index (χ4v) is 1.92. The molecule has 0 amide bonds. The van der Waals surface area contributed by atoms with Gasteiger partial charge >= 0.3 is 7.82 Å². The van der Waals surface area contributed by atoms with E-state index in [0.29, 0.717) is 0 Å². The van der Waals surface area contributed by atoms with E-state index in [1.54, 1.807) is 0 Å². The second-order valence-electron chi connectivity index (χ2n) is 3.09. The SMILES string of the molecule is CN(C)OP(=O)(ON(C)C)ON(C)CO. The van der Waals surface area contributed by atoms with Crippen LogP contribution in [0.2, 0.25) is 0 Å². The zero-order valence-corrected chi connectivity index (χ0v) is 10.5. The topological polar surface area (TPSA) is 74.7 Å². The minimum absolute atomic E-state index is 0.433. The van der Waals surface area contributed by atoms with Crippen molar-refractivity contribution in [1.29, 1.82) is 0 Å². The van der Waals surface area contributed by atoms with Crippen LogP contribution in [0.3, 0.4) is 0 Å². The Morgan fingerprint density at radius 1 is 1.00 bits per heavy atom. The first-order valence-electron chi connectivity index (χ1n) is 4.15. The summed E-state index contributed by atoms with van der Waals surface area (Å²) >= 11 is 0. The van der Waals surface area contributed by atoms with Crippen LogP contribution < -0.4 is 0 Å². The summed E-state index contributed by atoms with van der Waals surface area (Å²) in [6.07, 6.45) is 0. The van der Waals surface area contributed by atoms with Crippen molar-refractivity contribution in [2.45, 2.75) is 0 Å². The number of aliphatic hydroxyl groups excluding tert-OH is 1. The lowest BCUT2D eigenvalue weighted by Crippen LogP contribution is -2.25. The second-order valence-corrected chi connectivity index (χ2v) is 4.47. The maximum Gasteiger partial charge on any atom is 0.525 e. The Kier molecular flexibility index (Phi) is 6.49. The van der Waals surface area contributed by atoms with Crippen molar-refractivity contribution in [3.8, 4) is 0 Å². The zero-order chi connectivity index (χ0) is 12.1. The molecule has 0 aromatic rings. The van der Waals surface area contributed by atoms with Crippen molar-refractivity contribution in [1.82, 2.24) is 15.2 Å². The fourth-order valence-electron chi connectivity index (χ4n) is 0.641. The first-order chi connectivity index (χ1) is 6.79. The van der Waals surface area contributed by atoms with Crippen LogP contribution in [0.25, 0.3) is 0 Å². The molecule has 0 spiro atoms. The van der Waals surface area contributed by atoms with Gasteiger partial charge in [0.1, 0.15) is 6.73 Å². The van der Waals surface area contributed by atoms with Crippen molar-refractivity contribution in [3.63, 3.8) is 0 Å². The quantitative estimate of drug-likeness (QED) is 0.377. The van der Waals surface area contributed by atoms with E-state index in [9.17, 15) is 4.57 Å². The zero-order valence-electron chi connectivity index (χ0n) is 9.58. The third kappa shape index (κ3) is 6.93. The molecular weight excluding hydrogens is 225 g/mol. The van der Waals surface area contributed by atoms with Crippen LogP contribution >= 0.6 is 7.82 Å². The van der Waals surface area contributed by atoms with Gasteiger partial charge in [-0.1, -0.05) is 0 Å². The van der Waals surface area contributed by atoms with Gasteiger partial charge in [-0.15, -0.1) is 0 Å². The maximum atomic E-state index is 11.9. The van der Waals surface area contributed by atoms with Crippen LogP contribution in [0.4, 0.5) is 0 Å². The molecule has 15 heavy (non-hydrogen) atoms. The van der Waals surface area contributed by atoms with Gasteiger partial charge in [0.05, 0.1) is 0 Å². The monoisotopic (exact) mass is 243 g/mol. The van der Waals surface area contributed by atoms with Crippen LogP contribution in [0.5, 0.6) is 0 Å². The Bertz CT molecular complexity index is 211. The maximum absolute atomic E-state index is 11.9. The van der Waals surface area contributed by atoms with Gasteiger partial charge in [0.15, 0.2) is 0 Å². The highest BCUT2D eigenvalue weighted by Gasteiger charge is 2.32. The summed E-state index contributed by atoms with van der Waals surface area (Å²) in [6.45, 7) is -0.433. The van der Waals surface area contributed by atoms with Crippen molar-refractivity contribution < 1.29 is 23.5 Å². The summed E-state index contributed by atoms with van der Waals surface area (Å²) in [5.41, 5.74) is 0. The molecule has 92 valence electrons. The molecule has 0 heterocycles. The first-order valence-corrected chi connectivity index (χ1v) is 5.61. The Labute approximate surface area is 89.4 Å². The predicted octanol–water partition coefficient (Wildman–Crippen LogP) is -0.106. The molecule has 0 saturated carbocycles. The van der Waals surface area contributed by atoms with E-state index in [-0.39, 0.29) is 0 Å². The third-order valence-electron chi connectivity index (χ3n) is 0.965. The molecule has 0 radical (unpaired) electrons. The number of phosphoric acid groups is 1.